The van der Waals surface area contributed by atoms with Gasteiger partial charge in [-0.3, -0.25) is 15.6 Å². The molecule has 0 radical (unpaired) electrons. The van der Waals surface area contributed by atoms with Crippen LogP contribution in [0.3, 0.4) is 0 Å². The van der Waals surface area contributed by atoms with E-state index in [-0.39, 0.29) is 5.91 Å². The molecule has 0 spiro atoms. The molecule has 1 aromatic rings. The maximum absolute atomic E-state index is 11.5. The molecule has 0 aliphatic rings. The van der Waals surface area contributed by atoms with Crippen molar-refractivity contribution in [2.24, 2.45) is 0 Å². The Morgan fingerprint density at radius 2 is 1.94 bits per heavy atom. The lowest BCUT2D eigenvalue weighted by Gasteiger charge is -2.10. The van der Waals surface area contributed by atoms with E-state index in [1.807, 2.05) is 31.2 Å². The Morgan fingerprint density at radius 1 is 1.29 bits per heavy atom. The van der Waals surface area contributed by atoms with Crippen LogP contribution in [0, 0.1) is 0 Å². The third-order valence-electron chi connectivity index (χ3n) is 1.93. The maximum Gasteiger partial charge on any atom is 0.242 e. The third kappa shape index (κ3) is 5.65. The average molecular weight is 316 g/mol. The summed E-state index contributed by atoms with van der Waals surface area (Å²) in [6, 6.07) is 7.59. The van der Waals surface area contributed by atoms with Crippen LogP contribution in [0.2, 0.25) is 0 Å². The third-order valence-corrected chi connectivity index (χ3v) is 2.71. The molecule has 17 heavy (non-hydrogen) atoms. The molecule has 6 heteroatoms. The van der Waals surface area contributed by atoms with Crippen molar-refractivity contribution in [2.45, 2.75) is 13.3 Å². The predicted molar refractivity (Wildman–Crippen MR) is 75.4 cm³/mol. The summed E-state index contributed by atoms with van der Waals surface area (Å²) < 4.78 is 0.994. The zero-order valence-electron chi connectivity index (χ0n) is 9.42. The predicted octanol–water partition coefficient (Wildman–Crippen LogP) is 1.51. The number of carbonyl (C=O) groups excluding carboxylic acids is 1. The Labute approximate surface area is 114 Å². The lowest BCUT2D eigenvalue weighted by atomic mass is 10.1. The molecular weight excluding hydrogens is 302 g/mol. The van der Waals surface area contributed by atoms with E-state index in [4.69, 9.17) is 12.2 Å². The van der Waals surface area contributed by atoms with Gasteiger partial charge in [0.05, 0.1) is 6.42 Å². The Morgan fingerprint density at radius 3 is 2.53 bits per heavy atom. The SMILES string of the molecule is CCNC(=S)NNC(=O)Cc1ccc(Br)cc1. The first-order valence-corrected chi connectivity index (χ1v) is 6.39. The minimum atomic E-state index is -0.132. The average Bonchev–Trinajstić information content (AvgIpc) is 2.30. The molecule has 4 nitrogen and oxygen atoms in total. The van der Waals surface area contributed by atoms with Gasteiger partial charge in [-0.05, 0) is 36.8 Å². The van der Waals surface area contributed by atoms with Crippen LogP contribution in [0.25, 0.3) is 0 Å². The molecule has 0 heterocycles. The van der Waals surface area contributed by atoms with Gasteiger partial charge in [-0.15, -0.1) is 0 Å². The summed E-state index contributed by atoms with van der Waals surface area (Å²) in [6.45, 7) is 2.64. The molecule has 0 aromatic heterocycles. The number of halogens is 1. The molecule has 1 aromatic carbocycles. The fourth-order valence-corrected chi connectivity index (χ4v) is 1.62. The van der Waals surface area contributed by atoms with E-state index in [9.17, 15) is 4.79 Å². The zero-order chi connectivity index (χ0) is 12.7. The van der Waals surface area contributed by atoms with Crippen molar-refractivity contribution in [1.82, 2.24) is 16.2 Å². The molecule has 92 valence electrons. The van der Waals surface area contributed by atoms with Crippen LogP contribution in [0.15, 0.2) is 28.7 Å². The van der Waals surface area contributed by atoms with Crippen LogP contribution in [-0.4, -0.2) is 17.6 Å². The molecule has 0 atom stereocenters. The van der Waals surface area contributed by atoms with Gasteiger partial charge in [0, 0.05) is 11.0 Å². The van der Waals surface area contributed by atoms with E-state index in [1.54, 1.807) is 0 Å². The fraction of sp³-hybridized carbons (Fsp3) is 0.273. The first-order chi connectivity index (χ1) is 8.11. The van der Waals surface area contributed by atoms with Crippen LogP contribution in [0.1, 0.15) is 12.5 Å². The van der Waals surface area contributed by atoms with Gasteiger partial charge in [-0.2, -0.15) is 0 Å². The van der Waals surface area contributed by atoms with Gasteiger partial charge in [0.15, 0.2) is 5.11 Å². The van der Waals surface area contributed by atoms with Crippen LogP contribution >= 0.6 is 28.1 Å². The number of hydrogen-bond acceptors (Lipinski definition) is 2. The van der Waals surface area contributed by atoms with E-state index in [0.717, 1.165) is 10.0 Å². The second-order valence-electron chi connectivity index (χ2n) is 3.34. The lowest BCUT2D eigenvalue weighted by Crippen LogP contribution is -2.47. The molecule has 0 saturated carbocycles. The molecule has 0 fully saturated rings. The zero-order valence-corrected chi connectivity index (χ0v) is 11.8. The van der Waals surface area contributed by atoms with Gasteiger partial charge in [-0.1, -0.05) is 28.1 Å². The Hall–Kier alpha value is -1.14. The largest absolute Gasteiger partial charge is 0.362 e. The van der Waals surface area contributed by atoms with Crippen LogP contribution in [0.5, 0.6) is 0 Å². The summed E-state index contributed by atoms with van der Waals surface area (Å²) in [5.41, 5.74) is 6.10. The van der Waals surface area contributed by atoms with Crippen molar-refractivity contribution in [3.05, 3.63) is 34.3 Å². The first kappa shape index (κ1) is 13.9. The van der Waals surface area contributed by atoms with Crippen molar-refractivity contribution >= 4 is 39.2 Å². The number of thiocarbonyl (C=S) groups is 1. The van der Waals surface area contributed by atoms with E-state index >= 15 is 0 Å². The van der Waals surface area contributed by atoms with Gasteiger partial charge in [0.25, 0.3) is 0 Å². The number of amides is 1. The first-order valence-electron chi connectivity index (χ1n) is 5.19. The number of rotatable bonds is 3. The van der Waals surface area contributed by atoms with Crippen LogP contribution in [-0.2, 0) is 11.2 Å². The second kappa shape index (κ2) is 7.24. The van der Waals surface area contributed by atoms with E-state index in [0.29, 0.717) is 18.1 Å². The highest BCUT2D eigenvalue weighted by atomic mass is 79.9. The molecule has 0 aliphatic carbocycles. The highest BCUT2D eigenvalue weighted by molar-refractivity contribution is 9.10. The summed E-state index contributed by atoms with van der Waals surface area (Å²) >= 11 is 8.25. The monoisotopic (exact) mass is 315 g/mol. The highest BCUT2D eigenvalue weighted by Gasteiger charge is 2.03. The Kier molecular flexibility index (Phi) is 5.93. The van der Waals surface area contributed by atoms with Crippen LogP contribution in [0.4, 0.5) is 0 Å². The number of benzene rings is 1. The summed E-state index contributed by atoms with van der Waals surface area (Å²) in [4.78, 5) is 11.5. The molecule has 3 N–H and O–H groups in total. The number of hydrazine groups is 1. The molecule has 0 aliphatic heterocycles. The van der Waals surface area contributed by atoms with E-state index in [1.165, 1.54) is 0 Å². The molecular formula is C11H14BrN3OS. The minimum Gasteiger partial charge on any atom is -0.362 e. The van der Waals surface area contributed by atoms with E-state index in [2.05, 4.69) is 32.1 Å². The maximum atomic E-state index is 11.5. The van der Waals surface area contributed by atoms with Crippen molar-refractivity contribution < 1.29 is 4.79 Å². The molecule has 1 rings (SSSR count). The summed E-state index contributed by atoms with van der Waals surface area (Å²) in [5.74, 6) is -0.132. The summed E-state index contributed by atoms with van der Waals surface area (Å²) in [6.07, 6.45) is 0.315. The van der Waals surface area contributed by atoms with Gasteiger partial charge in [0.1, 0.15) is 0 Å². The Bertz CT molecular complexity index is 394. The number of nitrogens with one attached hydrogen (secondary N) is 3. The minimum absolute atomic E-state index is 0.132. The standard InChI is InChI=1S/C11H14BrN3OS/c1-2-13-11(17)15-14-10(16)7-8-3-5-9(12)6-4-8/h3-6H,2,7H2,1H3,(H,14,16)(H2,13,15,17). The fourth-order valence-electron chi connectivity index (χ4n) is 1.16. The van der Waals surface area contributed by atoms with Crippen molar-refractivity contribution in [2.75, 3.05) is 6.54 Å². The lowest BCUT2D eigenvalue weighted by molar-refractivity contribution is -0.121. The number of hydrogen-bond donors (Lipinski definition) is 3. The van der Waals surface area contributed by atoms with Gasteiger partial charge in [-0.25, -0.2) is 0 Å². The molecule has 1 amide bonds. The molecule has 0 unspecified atom stereocenters. The van der Waals surface area contributed by atoms with Gasteiger partial charge in [0.2, 0.25) is 5.91 Å². The van der Waals surface area contributed by atoms with Crippen LogP contribution < -0.4 is 16.2 Å². The van der Waals surface area contributed by atoms with Gasteiger partial charge >= 0.3 is 0 Å². The topological polar surface area (TPSA) is 53.2 Å². The quantitative estimate of drug-likeness (QED) is 0.584. The normalized spacial score (nSPS) is 9.53. The van der Waals surface area contributed by atoms with E-state index < -0.39 is 0 Å². The van der Waals surface area contributed by atoms with Gasteiger partial charge < -0.3 is 5.32 Å². The second-order valence-corrected chi connectivity index (χ2v) is 4.66. The summed E-state index contributed by atoms with van der Waals surface area (Å²) in [7, 11) is 0. The summed E-state index contributed by atoms with van der Waals surface area (Å²) in [5, 5.41) is 3.29. The Balaban J connectivity index is 2.34. The number of carbonyl (C=O) groups is 1. The van der Waals surface area contributed by atoms with Crippen molar-refractivity contribution in [1.29, 1.82) is 0 Å². The van der Waals surface area contributed by atoms with Crippen molar-refractivity contribution in [3.8, 4) is 0 Å². The molecule has 0 saturated heterocycles. The van der Waals surface area contributed by atoms with Crippen molar-refractivity contribution in [3.63, 3.8) is 0 Å². The smallest absolute Gasteiger partial charge is 0.242 e. The molecule has 0 bridgehead atoms. The highest BCUT2D eigenvalue weighted by Crippen LogP contribution is 2.10.